The van der Waals surface area contributed by atoms with Crippen molar-refractivity contribution in [3.8, 4) is 5.75 Å². The highest BCUT2D eigenvalue weighted by Gasteiger charge is 2.29. The molecule has 0 saturated carbocycles. The number of carbonyl (C=O) groups excluding carboxylic acids is 1. The molecule has 0 atom stereocenters. The maximum Gasteiger partial charge on any atom is 0.244 e. The molecule has 17 heavy (non-hydrogen) atoms. The van der Waals surface area contributed by atoms with Crippen molar-refractivity contribution in [2.45, 2.75) is 26.2 Å². The molecule has 1 rings (SSSR count). The molecule has 4 heteroatoms. The molecule has 0 unspecified atom stereocenters. The monoisotopic (exact) mass is 236 g/mol. The molecule has 1 amide bonds. The van der Waals surface area contributed by atoms with Crippen LogP contribution in [-0.4, -0.2) is 19.6 Å². The van der Waals surface area contributed by atoms with Crippen molar-refractivity contribution < 1.29 is 9.53 Å². The van der Waals surface area contributed by atoms with Crippen LogP contribution in [0.5, 0.6) is 5.75 Å². The number of carbonyl (C=O) groups is 1. The van der Waals surface area contributed by atoms with Crippen molar-refractivity contribution in [3.05, 3.63) is 29.8 Å². The average molecular weight is 236 g/mol. The lowest BCUT2D eigenvalue weighted by Gasteiger charge is -2.24. The Labute approximate surface area is 102 Å². The Kier molecular flexibility index (Phi) is 4.52. The Balaban J connectivity index is 2.87. The number of rotatable bonds is 5. The van der Waals surface area contributed by atoms with Gasteiger partial charge in [0.05, 0.1) is 12.0 Å². The molecule has 0 aliphatic heterocycles. The molecule has 0 saturated heterocycles. The minimum Gasteiger partial charge on any atom is -0.494 e. The van der Waals surface area contributed by atoms with Gasteiger partial charge in [-0.2, -0.15) is 0 Å². The van der Waals surface area contributed by atoms with E-state index in [1.54, 1.807) is 7.05 Å². The molecule has 0 bridgehead atoms. The molecule has 1 aromatic carbocycles. The summed E-state index contributed by atoms with van der Waals surface area (Å²) >= 11 is 0. The third-order valence-corrected chi connectivity index (χ3v) is 2.69. The topological polar surface area (TPSA) is 50.4 Å². The third kappa shape index (κ3) is 3.20. The van der Waals surface area contributed by atoms with Gasteiger partial charge in [-0.3, -0.25) is 10.2 Å². The second kappa shape index (κ2) is 5.68. The standard InChI is InChI=1S/C13H20N2O2/c1-5-17-11-8-6-10(7-9-11)13(2,3)12(16)15-14-4/h6-9,14H,5H2,1-4H3,(H,15,16). The zero-order chi connectivity index (χ0) is 12.9. The normalized spacial score (nSPS) is 11.1. The molecular formula is C13H20N2O2. The zero-order valence-corrected chi connectivity index (χ0v) is 10.8. The molecule has 1 aromatic rings. The first-order chi connectivity index (χ1) is 8.02. The summed E-state index contributed by atoms with van der Waals surface area (Å²) in [4.78, 5) is 11.9. The van der Waals surface area contributed by atoms with E-state index in [1.807, 2.05) is 45.0 Å². The van der Waals surface area contributed by atoms with Crippen molar-refractivity contribution in [1.82, 2.24) is 10.9 Å². The summed E-state index contributed by atoms with van der Waals surface area (Å²) in [5.74, 6) is 0.755. The van der Waals surface area contributed by atoms with Crippen molar-refractivity contribution in [1.29, 1.82) is 0 Å². The molecule has 4 nitrogen and oxygen atoms in total. The molecule has 0 fully saturated rings. The maximum absolute atomic E-state index is 11.9. The van der Waals surface area contributed by atoms with E-state index in [0.717, 1.165) is 11.3 Å². The zero-order valence-electron chi connectivity index (χ0n) is 10.8. The summed E-state index contributed by atoms with van der Waals surface area (Å²) in [6.45, 7) is 6.35. The van der Waals surface area contributed by atoms with Gasteiger partial charge in [-0.15, -0.1) is 0 Å². The fourth-order valence-electron chi connectivity index (χ4n) is 1.54. The predicted molar refractivity (Wildman–Crippen MR) is 67.8 cm³/mol. The molecule has 0 aliphatic carbocycles. The molecule has 0 heterocycles. The average Bonchev–Trinajstić information content (AvgIpc) is 2.30. The van der Waals surface area contributed by atoms with E-state index in [-0.39, 0.29) is 5.91 Å². The number of ether oxygens (including phenoxy) is 1. The van der Waals surface area contributed by atoms with E-state index >= 15 is 0 Å². The van der Waals surface area contributed by atoms with Crippen LogP contribution in [0.2, 0.25) is 0 Å². The van der Waals surface area contributed by atoms with E-state index < -0.39 is 5.41 Å². The van der Waals surface area contributed by atoms with Crippen LogP contribution < -0.4 is 15.6 Å². The summed E-state index contributed by atoms with van der Waals surface area (Å²) in [5.41, 5.74) is 5.63. The lowest BCUT2D eigenvalue weighted by atomic mass is 9.84. The third-order valence-electron chi connectivity index (χ3n) is 2.69. The van der Waals surface area contributed by atoms with Gasteiger partial charge in [-0.05, 0) is 38.5 Å². The largest absolute Gasteiger partial charge is 0.494 e. The Morgan fingerprint density at radius 3 is 2.35 bits per heavy atom. The lowest BCUT2D eigenvalue weighted by Crippen LogP contribution is -2.45. The van der Waals surface area contributed by atoms with Gasteiger partial charge in [0.25, 0.3) is 0 Å². The number of benzene rings is 1. The summed E-state index contributed by atoms with van der Waals surface area (Å²) in [5, 5.41) is 0. The van der Waals surface area contributed by atoms with Crippen LogP contribution in [0.1, 0.15) is 26.3 Å². The number of amides is 1. The van der Waals surface area contributed by atoms with Crippen molar-refractivity contribution in [2.24, 2.45) is 0 Å². The van der Waals surface area contributed by atoms with Gasteiger partial charge in [0.2, 0.25) is 5.91 Å². The highest BCUT2D eigenvalue weighted by atomic mass is 16.5. The van der Waals surface area contributed by atoms with Crippen LogP contribution in [0, 0.1) is 0 Å². The van der Waals surface area contributed by atoms with Crippen LogP contribution in [0.4, 0.5) is 0 Å². The Morgan fingerprint density at radius 1 is 1.29 bits per heavy atom. The molecule has 0 aliphatic rings. The Morgan fingerprint density at radius 2 is 1.88 bits per heavy atom. The number of hydrogen-bond acceptors (Lipinski definition) is 3. The smallest absolute Gasteiger partial charge is 0.244 e. The Hall–Kier alpha value is -1.55. The van der Waals surface area contributed by atoms with Gasteiger partial charge in [-0.1, -0.05) is 12.1 Å². The second-order valence-corrected chi connectivity index (χ2v) is 4.29. The highest BCUT2D eigenvalue weighted by Crippen LogP contribution is 2.25. The molecule has 2 N–H and O–H groups in total. The van der Waals surface area contributed by atoms with Crippen LogP contribution in [-0.2, 0) is 10.2 Å². The van der Waals surface area contributed by atoms with Gasteiger partial charge in [-0.25, -0.2) is 5.43 Å². The van der Waals surface area contributed by atoms with Gasteiger partial charge >= 0.3 is 0 Å². The summed E-state index contributed by atoms with van der Waals surface area (Å²) in [7, 11) is 1.67. The van der Waals surface area contributed by atoms with E-state index in [2.05, 4.69) is 10.9 Å². The Bertz CT molecular complexity index is 372. The first kappa shape index (κ1) is 13.5. The number of hydrazine groups is 1. The van der Waals surface area contributed by atoms with E-state index in [1.165, 1.54) is 0 Å². The quantitative estimate of drug-likeness (QED) is 0.764. The minimum atomic E-state index is -0.576. The van der Waals surface area contributed by atoms with Gasteiger partial charge in [0.1, 0.15) is 5.75 Å². The fourth-order valence-corrected chi connectivity index (χ4v) is 1.54. The molecule has 0 radical (unpaired) electrons. The van der Waals surface area contributed by atoms with Crippen LogP contribution in [0.15, 0.2) is 24.3 Å². The van der Waals surface area contributed by atoms with Crippen molar-refractivity contribution in [2.75, 3.05) is 13.7 Å². The molecular weight excluding hydrogens is 216 g/mol. The summed E-state index contributed by atoms with van der Waals surface area (Å²) in [6.07, 6.45) is 0. The van der Waals surface area contributed by atoms with Crippen LogP contribution in [0.3, 0.4) is 0 Å². The van der Waals surface area contributed by atoms with Crippen LogP contribution in [0.25, 0.3) is 0 Å². The minimum absolute atomic E-state index is 0.0656. The SMILES string of the molecule is CCOc1ccc(C(C)(C)C(=O)NNC)cc1. The first-order valence-corrected chi connectivity index (χ1v) is 5.73. The molecule has 0 aromatic heterocycles. The number of hydrogen-bond donors (Lipinski definition) is 2. The fraction of sp³-hybridized carbons (Fsp3) is 0.462. The van der Waals surface area contributed by atoms with E-state index in [4.69, 9.17) is 4.74 Å². The lowest BCUT2D eigenvalue weighted by molar-refractivity contribution is -0.126. The van der Waals surface area contributed by atoms with E-state index in [0.29, 0.717) is 6.61 Å². The first-order valence-electron chi connectivity index (χ1n) is 5.73. The summed E-state index contributed by atoms with van der Waals surface area (Å²) in [6, 6.07) is 7.60. The second-order valence-electron chi connectivity index (χ2n) is 4.29. The van der Waals surface area contributed by atoms with Crippen molar-refractivity contribution in [3.63, 3.8) is 0 Å². The van der Waals surface area contributed by atoms with Crippen LogP contribution >= 0.6 is 0 Å². The van der Waals surface area contributed by atoms with E-state index in [9.17, 15) is 4.79 Å². The summed E-state index contributed by atoms with van der Waals surface area (Å²) < 4.78 is 5.37. The molecule has 94 valence electrons. The van der Waals surface area contributed by atoms with Gasteiger partial charge in [0.15, 0.2) is 0 Å². The van der Waals surface area contributed by atoms with Crippen molar-refractivity contribution >= 4 is 5.91 Å². The molecule has 0 spiro atoms. The maximum atomic E-state index is 11.9. The predicted octanol–water partition coefficient (Wildman–Crippen LogP) is 1.61. The van der Waals surface area contributed by atoms with Gasteiger partial charge in [0, 0.05) is 7.05 Å². The highest BCUT2D eigenvalue weighted by molar-refractivity contribution is 5.86. The number of nitrogens with one attached hydrogen (secondary N) is 2. The van der Waals surface area contributed by atoms with Gasteiger partial charge < -0.3 is 4.74 Å².